The molecule has 0 fully saturated rings. The van der Waals surface area contributed by atoms with Crippen LogP contribution in [0.25, 0.3) is 0 Å². The number of benzene rings is 1. The molecule has 0 saturated carbocycles. The first-order chi connectivity index (χ1) is 9.16. The summed E-state index contributed by atoms with van der Waals surface area (Å²) in [4.78, 5) is 8.31. The highest BCUT2D eigenvalue weighted by Gasteiger charge is 2.23. The van der Waals surface area contributed by atoms with Gasteiger partial charge in [0.2, 0.25) is 0 Å². The number of pyridine rings is 1. The maximum atomic E-state index is 14.1. The van der Waals surface area contributed by atoms with Crippen LogP contribution in [0, 0.1) is 5.82 Å². The predicted molar refractivity (Wildman–Crippen MR) is 78.6 cm³/mol. The summed E-state index contributed by atoms with van der Waals surface area (Å²) < 4.78 is 14.7. The van der Waals surface area contributed by atoms with Crippen LogP contribution in [0.1, 0.15) is 0 Å². The maximum Gasteiger partial charge on any atom is 0.169 e. The molecule has 0 amide bonds. The van der Waals surface area contributed by atoms with Gasteiger partial charge in [-0.1, -0.05) is 12.1 Å². The Morgan fingerprint density at radius 3 is 2.68 bits per heavy atom. The first-order valence-corrected chi connectivity index (χ1v) is 6.85. The third-order valence-corrected chi connectivity index (χ3v) is 3.72. The van der Waals surface area contributed by atoms with E-state index < -0.39 is 0 Å². The van der Waals surface area contributed by atoms with Crippen molar-refractivity contribution in [2.75, 3.05) is 29.9 Å². The molecule has 0 radical (unpaired) electrons. The van der Waals surface area contributed by atoms with Crippen molar-refractivity contribution >= 4 is 33.1 Å². The second-order valence-corrected chi connectivity index (χ2v) is 5.44. The SMILES string of the molecule is CN1CCN(c2ncc(Br)cc2F)c2ccccc21. The van der Waals surface area contributed by atoms with Crippen LogP contribution >= 0.6 is 15.9 Å². The fourth-order valence-corrected chi connectivity index (χ4v) is 2.64. The number of fused-ring (bicyclic) bond motifs is 1. The second-order valence-electron chi connectivity index (χ2n) is 4.52. The number of hydrogen-bond acceptors (Lipinski definition) is 3. The van der Waals surface area contributed by atoms with Crippen LogP contribution in [0.3, 0.4) is 0 Å². The molecule has 98 valence electrons. The number of para-hydroxylation sites is 2. The van der Waals surface area contributed by atoms with Crippen LogP contribution in [0.15, 0.2) is 41.0 Å². The summed E-state index contributed by atoms with van der Waals surface area (Å²) in [6, 6.07) is 9.43. The Kier molecular flexibility index (Phi) is 3.14. The topological polar surface area (TPSA) is 19.4 Å². The van der Waals surface area contributed by atoms with E-state index in [1.165, 1.54) is 6.07 Å². The van der Waals surface area contributed by atoms with Crippen LogP contribution in [-0.4, -0.2) is 25.1 Å². The van der Waals surface area contributed by atoms with Crippen molar-refractivity contribution in [3.05, 3.63) is 46.8 Å². The molecular weight excluding hydrogens is 309 g/mol. The van der Waals surface area contributed by atoms with Gasteiger partial charge in [0.15, 0.2) is 11.6 Å². The molecule has 1 aliphatic heterocycles. The minimum absolute atomic E-state index is 0.311. The van der Waals surface area contributed by atoms with Crippen molar-refractivity contribution < 1.29 is 4.39 Å². The van der Waals surface area contributed by atoms with Gasteiger partial charge < -0.3 is 9.80 Å². The Bertz CT molecular complexity index is 617. The molecule has 3 nitrogen and oxygen atoms in total. The van der Waals surface area contributed by atoms with Gasteiger partial charge in [-0.2, -0.15) is 0 Å². The Morgan fingerprint density at radius 1 is 1.21 bits per heavy atom. The number of likely N-dealkylation sites (N-methyl/N-ethyl adjacent to an activating group) is 1. The average molecular weight is 322 g/mol. The largest absolute Gasteiger partial charge is 0.371 e. The highest BCUT2D eigenvalue weighted by Crippen LogP contribution is 2.37. The molecule has 2 heterocycles. The molecule has 2 aromatic rings. The highest BCUT2D eigenvalue weighted by atomic mass is 79.9. The Hall–Kier alpha value is -1.62. The monoisotopic (exact) mass is 321 g/mol. The summed E-state index contributed by atoms with van der Waals surface area (Å²) >= 11 is 3.23. The fourth-order valence-electron chi connectivity index (χ4n) is 2.33. The van der Waals surface area contributed by atoms with Crippen molar-refractivity contribution in [1.82, 2.24) is 4.98 Å². The average Bonchev–Trinajstić information content (AvgIpc) is 2.41. The van der Waals surface area contributed by atoms with E-state index in [9.17, 15) is 4.39 Å². The van der Waals surface area contributed by atoms with E-state index >= 15 is 0 Å². The van der Waals surface area contributed by atoms with Gasteiger partial charge in [0, 0.05) is 30.8 Å². The summed E-state index contributed by atoms with van der Waals surface area (Å²) in [5, 5.41) is 0. The molecule has 1 aliphatic rings. The first-order valence-electron chi connectivity index (χ1n) is 6.05. The lowest BCUT2D eigenvalue weighted by molar-refractivity contribution is 0.615. The molecule has 0 saturated heterocycles. The number of nitrogens with zero attached hydrogens (tertiary/aromatic N) is 3. The smallest absolute Gasteiger partial charge is 0.169 e. The molecule has 1 aromatic carbocycles. The van der Waals surface area contributed by atoms with Crippen molar-refractivity contribution in [3.63, 3.8) is 0 Å². The fraction of sp³-hybridized carbons (Fsp3) is 0.214. The molecule has 0 bridgehead atoms. The standard InChI is InChI=1S/C14H13BrFN3/c1-18-6-7-19(13-5-3-2-4-12(13)18)14-11(16)8-10(15)9-17-14/h2-5,8-9H,6-7H2,1H3. The summed E-state index contributed by atoms with van der Waals surface area (Å²) in [7, 11) is 2.04. The summed E-state index contributed by atoms with van der Waals surface area (Å²) in [6.07, 6.45) is 1.62. The lowest BCUT2D eigenvalue weighted by Gasteiger charge is -2.36. The van der Waals surface area contributed by atoms with E-state index in [-0.39, 0.29) is 5.82 Å². The van der Waals surface area contributed by atoms with E-state index in [4.69, 9.17) is 0 Å². The maximum absolute atomic E-state index is 14.1. The highest BCUT2D eigenvalue weighted by molar-refractivity contribution is 9.10. The molecule has 5 heteroatoms. The molecule has 0 spiro atoms. The molecule has 3 rings (SSSR count). The van der Waals surface area contributed by atoms with Gasteiger partial charge in [0.05, 0.1) is 11.4 Å². The normalized spacial score (nSPS) is 14.5. The van der Waals surface area contributed by atoms with E-state index in [1.807, 2.05) is 36.2 Å². The zero-order valence-corrected chi connectivity index (χ0v) is 12.1. The Labute approximate surface area is 119 Å². The minimum Gasteiger partial charge on any atom is -0.371 e. The van der Waals surface area contributed by atoms with Crippen molar-refractivity contribution in [3.8, 4) is 0 Å². The number of hydrogen-bond donors (Lipinski definition) is 0. The van der Waals surface area contributed by atoms with Crippen molar-refractivity contribution in [2.45, 2.75) is 0 Å². The number of aromatic nitrogens is 1. The second kappa shape index (κ2) is 4.81. The van der Waals surface area contributed by atoms with Crippen molar-refractivity contribution in [1.29, 1.82) is 0 Å². The molecule has 0 atom stereocenters. The molecule has 0 N–H and O–H groups in total. The zero-order chi connectivity index (χ0) is 13.4. The third kappa shape index (κ3) is 2.18. The van der Waals surface area contributed by atoms with Gasteiger partial charge in [0.1, 0.15) is 0 Å². The third-order valence-electron chi connectivity index (χ3n) is 3.29. The van der Waals surface area contributed by atoms with Crippen LogP contribution < -0.4 is 9.80 Å². The lowest BCUT2D eigenvalue weighted by atomic mass is 10.1. The number of halogens is 2. The summed E-state index contributed by atoms with van der Waals surface area (Å²) in [6.45, 7) is 1.56. The van der Waals surface area contributed by atoms with E-state index in [0.29, 0.717) is 10.3 Å². The quantitative estimate of drug-likeness (QED) is 0.800. The van der Waals surface area contributed by atoms with Gasteiger partial charge in [-0.25, -0.2) is 9.37 Å². The van der Waals surface area contributed by atoms with Gasteiger partial charge in [-0.15, -0.1) is 0 Å². The van der Waals surface area contributed by atoms with Crippen LogP contribution in [0.2, 0.25) is 0 Å². The molecule has 0 unspecified atom stereocenters. The summed E-state index contributed by atoms with van der Waals surface area (Å²) in [5.74, 6) is 0.0671. The molecule has 1 aromatic heterocycles. The first kappa shape index (κ1) is 12.4. The lowest BCUT2D eigenvalue weighted by Crippen LogP contribution is -2.37. The number of anilines is 3. The van der Waals surface area contributed by atoms with Gasteiger partial charge in [0.25, 0.3) is 0 Å². The minimum atomic E-state index is -0.311. The predicted octanol–water partition coefficient (Wildman–Crippen LogP) is 3.57. The van der Waals surface area contributed by atoms with Crippen molar-refractivity contribution in [2.24, 2.45) is 0 Å². The van der Waals surface area contributed by atoms with Gasteiger partial charge >= 0.3 is 0 Å². The van der Waals surface area contributed by atoms with E-state index in [2.05, 4.69) is 25.8 Å². The van der Waals surface area contributed by atoms with Crippen LogP contribution in [0.4, 0.5) is 21.6 Å². The van der Waals surface area contributed by atoms with Crippen LogP contribution in [0.5, 0.6) is 0 Å². The van der Waals surface area contributed by atoms with Gasteiger partial charge in [-0.05, 0) is 34.1 Å². The van der Waals surface area contributed by atoms with E-state index in [1.54, 1.807) is 6.20 Å². The zero-order valence-electron chi connectivity index (χ0n) is 10.5. The van der Waals surface area contributed by atoms with E-state index in [0.717, 1.165) is 24.5 Å². The number of rotatable bonds is 1. The Balaban J connectivity index is 2.09. The van der Waals surface area contributed by atoms with Crippen LogP contribution in [-0.2, 0) is 0 Å². The Morgan fingerprint density at radius 2 is 1.95 bits per heavy atom. The summed E-state index contributed by atoms with van der Waals surface area (Å²) in [5.41, 5.74) is 2.09. The molecule has 19 heavy (non-hydrogen) atoms. The van der Waals surface area contributed by atoms with Gasteiger partial charge in [-0.3, -0.25) is 0 Å². The molecular formula is C14H13BrFN3. The molecule has 0 aliphatic carbocycles.